The second-order valence-corrected chi connectivity index (χ2v) is 16.0. The van der Waals surface area contributed by atoms with Crippen molar-refractivity contribution in [1.29, 1.82) is 0 Å². The van der Waals surface area contributed by atoms with Gasteiger partial charge in [-0.3, -0.25) is 4.79 Å². The predicted molar refractivity (Wildman–Crippen MR) is 210 cm³/mol. The molecular weight excluding hydrogens is 753 g/mol. The molecule has 1 amide bonds. The number of benzene rings is 5. The first kappa shape index (κ1) is 38.8. The molecule has 13 nitrogen and oxygen atoms in total. The summed E-state index contributed by atoms with van der Waals surface area (Å²) in [5.74, 6) is 0.124. The van der Waals surface area contributed by atoms with E-state index in [1.807, 2.05) is 61.5 Å². The standard InChI is InChI=1S/C41H40N6O7S2/c1-27-7-21-36(22-8-27)56(51,52)44-37(23-28-5-3-2-4-6-28)39(50)42-32-15-13-31(14-16-32)40-53-35(24-38(54-40)30-11-9-29(25-48)10-12-30)26-55-41-43-45-46-47(41)33-17-19-34(49)20-18-33/h2-22,35,37-38,40,44,48-49H,23-26H2,1H3,(H,42,50). The van der Waals surface area contributed by atoms with Crippen LogP contribution in [0.2, 0.25) is 0 Å². The van der Waals surface area contributed by atoms with Gasteiger partial charge in [-0.05, 0) is 89.0 Å². The number of thioether (sulfide) groups is 1. The number of ether oxygens (including phenoxy) is 2. The van der Waals surface area contributed by atoms with Gasteiger partial charge in [0, 0.05) is 23.4 Å². The van der Waals surface area contributed by atoms with Gasteiger partial charge in [0.15, 0.2) is 6.29 Å². The third-order valence-electron chi connectivity index (χ3n) is 9.23. The minimum atomic E-state index is -4.01. The van der Waals surface area contributed by atoms with E-state index in [9.17, 15) is 23.4 Å². The normalized spacial score (nSPS) is 17.6. The number of nitrogens with one attached hydrogen (secondary N) is 2. The molecule has 15 heteroatoms. The number of nitrogens with zero attached hydrogens (tertiary/aromatic N) is 4. The van der Waals surface area contributed by atoms with Crippen LogP contribution < -0.4 is 10.0 Å². The smallest absolute Gasteiger partial charge is 0.242 e. The lowest BCUT2D eigenvalue weighted by atomic mass is 10.0. The van der Waals surface area contributed by atoms with Crippen LogP contribution in [0.4, 0.5) is 5.69 Å². The Morgan fingerprint density at radius 2 is 1.57 bits per heavy atom. The van der Waals surface area contributed by atoms with Crippen LogP contribution in [-0.2, 0) is 37.3 Å². The number of phenols is 1. The Labute approximate surface area is 328 Å². The molecule has 0 saturated carbocycles. The number of rotatable bonds is 14. The van der Waals surface area contributed by atoms with Crippen LogP contribution in [0.5, 0.6) is 5.75 Å². The third kappa shape index (κ3) is 9.68. The number of aromatic hydroxyl groups is 1. The molecule has 2 heterocycles. The summed E-state index contributed by atoms with van der Waals surface area (Å²) in [6.45, 7) is 1.80. The third-order valence-corrected chi connectivity index (χ3v) is 11.8. The van der Waals surface area contributed by atoms with Crippen LogP contribution >= 0.6 is 11.8 Å². The van der Waals surface area contributed by atoms with Gasteiger partial charge >= 0.3 is 0 Å². The minimum absolute atomic E-state index is 0.0684. The number of tetrazole rings is 1. The summed E-state index contributed by atoms with van der Waals surface area (Å²) in [4.78, 5) is 13.8. The number of phenolic OH excluding ortho intramolecular Hbond substituents is 1. The van der Waals surface area contributed by atoms with Gasteiger partial charge in [0.05, 0.1) is 29.4 Å². The summed E-state index contributed by atoms with van der Waals surface area (Å²) >= 11 is 1.43. The molecule has 4 atom stereocenters. The van der Waals surface area contributed by atoms with Crippen molar-refractivity contribution in [2.75, 3.05) is 11.1 Å². The number of hydrogen-bond acceptors (Lipinski definition) is 11. The van der Waals surface area contributed by atoms with Crippen LogP contribution in [0.25, 0.3) is 5.69 Å². The molecule has 1 saturated heterocycles. The van der Waals surface area contributed by atoms with Crippen molar-refractivity contribution in [2.24, 2.45) is 0 Å². The number of sulfonamides is 1. The molecule has 0 bridgehead atoms. The molecule has 1 aliphatic rings. The number of anilines is 1. The second kappa shape index (κ2) is 17.6. The van der Waals surface area contributed by atoms with E-state index in [-0.39, 0.29) is 35.9 Å². The molecule has 7 rings (SSSR count). The van der Waals surface area contributed by atoms with E-state index in [4.69, 9.17) is 9.47 Å². The van der Waals surface area contributed by atoms with Crippen molar-refractivity contribution < 1.29 is 32.9 Å². The average Bonchev–Trinajstić information content (AvgIpc) is 3.69. The number of aryl methyl sites for hydroxylation is 1. The minimum Gasteiger partial charge on any atom is -0.508 e. The SMILES string of the molecule is Cc1ccc(S(=O)(=O)NC(Cc2ccccc2)C(=O)Nc2ccc(C3OC(CSc4nnnn4-c4ccc(O)cc4)CC(c4ccc(CO)cc4)O3)cc2)cc1. The highest BCUT2D eigenvalue weighted by molar-refractivity contribution is 7.99. The Balaban J connectivity index is 1.07. The van der Waals surface area contributed by atoms with Crippen LogP contribution in [0.1, 0.15) is 46.6 Å². The largest absolute Gasteiger partial charge is 0.508 e. The van der Waals surface area contributed by atoms with Gasteiger partial charge in [0.1, 0.15) is 11.8 Å². The maximum Gasteiger partial charge on any atom is 0.242 e. The van der Waals surface area contributed by atoms with E-state index in [0.717, 1.165) is 22.3 Å². The lowest BCUT2D eigenvalue weighted by molar-refractivity contribution is -0.245. The van der Waals surface area contributed by atoms with E-state index in [0.29, 0.717) is 34.3 Å². The fourth-order valence-electron chi connectivity index (χ4n) is 6.18. The summed E-state index contributed by atoms with van der Waals surface area (Å²) in [5, 5.41) is 34.9. The van der Waals surface area contributed by atoms with Gasteiger partial charge in [0.2, 0.25) is 21.1 Å². The number of amides is 1. The maximum atomic E-state index is 13.7. The van der Waals surface area contributed by atoms with Crippen LogP contribution in [0, 0.1) is 6.92 Å². The maximum absolute atomic E-state index is 13.7. The zero-order valence-corrected chi connectivity index (χ0v) is 31.9. The topological polar surface area (TPSA) is 178 Å². The van der Waals surface area contributed by atoms with Gasteiger partial charge < -0.3 is 25.0 Å². The number of aliphatic hydroxyl groups is 1. The van der Waals surface area contributed by atoms with Crippen LogP contribution in [-0.4, -0.2) is 62.6 Å². The number of aliphatic hydroxyl groups excluding tert-OH is 1. The first-order valence-electron chi connectivity index (χ1n) is 17.9. The van der Waals surface area contributed by atoms with E-state index in [1.165, 1.54) is 23.9 Å². The molecule has 4 unspecified atom stereocenters. The van der Waals surface area contributed by atoms with E-state index in [2.05, 4.69) is 25.6 Å². The predicted octanol–water partition coefficient (Wildman–Crippen LogP) is 6.03. The molecule has 0 radical (unpaired) electrons. The highest BCUT2D eigenvalue weighted by Crippen LogP contribution is 2.39. The number of hydrogen-bond donors (Lipinski definition) is 4. The summed E-state index contributed by atoms with van der Waals surface area (Å²) < 4.78 is 43.9. The zero-order valence-electron chi connectivity index (χ0n) is 30.3. The summed E-state index contributed by atoms with van der Waals surface area (Å²) in [7, 11) is -4.01. The van der Waals surface area contributed by atoms with Crippen molar-refractivity contribution in [3.05, 3.63) is 155 Å². The molecular formula is C41H40N6O7S2. The van der Waals surface area contributed by atoms with E-state index in [1.54, 1.807) is 65.3 Å². The molecule has 6 aromatic rings. The van der Waals surface area contributed by atoms with Crippen molar-refractivity contribution in [2.45, 2.75) is 61.0 Å². The van der Waals surface area contributed by atoms with Crippen molar-refractivity contribution >= 4 is 33.4 Å². The Bertz CT molecular complexity index is 2330. The van der Waals surface area contributed by atoms with Gasteiger partial charge in [-0.15, -0.1) is 5.10 Å². The Morgan fingerprint density at radius 3 is 2.27 bits per heavy atom. The average molecular weight is 793 g/mol. The summed E-state index contributed by atoms with van der Waals surface area (Å²) in [6.07, 6.45) is -0.702. The van der Waals surface area contributed by atoms with Gasteiger partial charge in [-0.25, -0.2) is 8.42 Å². The molecule has 56 heavy (non-hydrogen) atoms. The lowest BCUT2D eigenvalue weighted by Gasteiger charge is -2.36. The molecule has 1 aliphatic heterocycles. The monoisotopic (exact) mass is 792 g/mol. The Kier molecular flexibility index (Phi) is 12.2. The summed E-state index contributed by atoms with van der Waals surface area (Å²) in [6, 6.07) is 35.8. The molecule has 1 aromatic heterocycles. The van der Waals surface area contributed by atoms with E-state index < -0.39 is 28.3 Å². The first-order chi connectivity index (χ1) is 27.1. The zero-order chi connectivity index (χ0) is 39.1. The molecule has 0 spiro atoms. The molecule has 288 valence electrons. The fraction of sp³-hybridized carbons (Fsp3) is 0.220. The second-order valence-electron chi connectivity index (χ2n) is 13.3. The van der Waals surface area contributed by atoms with Crippen molar-refractivity contribution in [3.8, 4) is 11.4 Å². The molecule has 0 aliphatic carbocycles. The fourth-order valence-corrected chi connectivity index (χ4v) is 8.28. The van der Waals surface area contributed by atoms with Crippen LogP contribution in [0.15, 0.2) is 137 Å². The lowest BCUT2D eigenvalue weighted by Crippen LogP contribution is -2.45. The number of carbonyl (C=O) groups excluding carboxylic acids is 1. The Morgan fingerprint density at radius 1 is 0.875 bits per heavy atom. The number of carbonyl (C=O) groups is 1. The van der Waals surface area contributed by atoms with Crippen molar-refractivity contribution in [3.63, 3.8) is 0 Å². The van der Waals surface area contributed by atoms with E-state index >= 15 is 0 Å². The van der Waals surface area contributed by atoms with Crippen LogP contribution in [0.3, 0.4) is 0 Å². The molecule has 5 aromatic carbocycles. The van der Waals surface area contributed by atoms with Gasteiger partial charge in [-0.1, -0.05) is 96.2 Å². The molecule has 1 fully saturated rings. The number of aromatic nitrogens is 4. The summed E-state index contributed by atoms with van der Waals surface area (Å²) in [5.41, 5.74) is 5.31. The van der Waals surface area contributed by atoms with Gasteiger partial charge in [0.25, 0.3) is 0 Å². The van der Waals surface area contributed by atoms with Crippen molar-refractivity contribution in [1.82, 2.24) is 24.9 Å². The molecule has 4 N–H and O–H groups in total. The first-order valence-corrected chi connectivity index (χ1v) is 20.4. The Hall–Kier alpha value is -5.42. The van der Waals surface area contributed by atoms with Gasteiger partial charge in [-0.2, -0.15) is 9.40 Å². The quantitative estimate of drug-likeness (QED) is 0.0947. The highest BCUT2D eigenvalue weighted by Gasteiger charge is 2.33. The highest BCUT2D eigenvalue weighted by atomic mass is 32.2.